The third-order valence-electron chi connectivity index (χ3n) is 5.13. The number of hydrogen-bond donors (Lipinski definition) is 5. The van der Waals surface area contributed by atoms with Crippen LogP contribution in [0.3, 0.4) is 0 Å². The van der Waals surface area contributed by atoms with Crippen molar-refractivity contribution in [3.8, 4) is 0 Å². The standard InChI is InChI=1S/C23H36INO11/c24-17-3-1-16(2-4-17)14-34-11-9-32-7-5-31-6-8-33-10-12-35-15-19(27)25-20-22(29)21(28)18(13-26)36-23(20)30/h1-4,18,20-23,26,28-30H,5-15H2,(H,25,27). The maximum absolute atomic E-state index is 11.9. The summed E-state index contributed by atoms with van der Waals surface area (Å²) in [6.45, 7) is 2.69. The maximum Gasteiger partial charge on any atom is 0.246 e. The Labute approximate surface area is 223 Å². The number of aliphatic hydroxyl groups excluding tert-OH is 4. The third kappa shape index (κ3) is 12.0. The summed E-state index contributed by atoms with van der Waals surface area (Å²) in [6.07, 6.45) is -5.66. The van der Waals surface area contributed by atoms with Gasteiger partial charge >= 0.3 is 0 Å². The van der Waals surface area contributed by atoms with Gasteiger partial charge in [-0.25, -0.2) is 0 Å². The van der Waals surface area contributed by atoms with E-state index in [4.69, 9.17) is 33.5 Å². The number of carbonyl (C=O) groups is 1. The zero-order valence-corrected chi connectivity index (χ0v) is 22.2. The third-order valence-corrected chi connectivity index (χ3v) is 5.85. The molecule has 0 saturated carbocycles. The van der Waals surface area contributed by atoms with E-state index in [0.29, 0.717) is 46.2 Å². The molecule has 1 aliphatic heterocycles. The molecule has 1 fully saturated rings. The van der Waals surface area contributed by atoms with E-state index in [1.807, 2.05) is 24.3 Å². The van der Waals surface area contributed by atoms with Crippen molar-refractivity contribution >= 4 is 28.5 Å². The van der Waals surface area contributed by atoms with Gasteiger partial charge in [-0.1, -0.05) is 12.1 Å². The molecular formula is C23H36INO11. The molecule has 5 N–H and O–H groups in total. The Morgan fingerprint density at radius 3 is 1.92 bits per heavy atom. The van der Waals surface area contributed by atoms with Gasteiger partial charge in [0, 0.05) is 3.57 Å². The molecule has 5 unspecified atom stereocenters. The Morgan fingerprint density at radius 2 is 1.36 bits per heavy atom. The van der Waals surface area contributed by atoms with Crippen LogP contribution in [0.5, 0.6) is 0 Å². The topological polar surface area (TPSA) is 165 Å². The Morgan fingerprint density at radius 1 is 0.833 bits per heavy atom. The van der Waals surface area contributed by atoms with E-state index in [-0.39, 0.29) is 19.8 Å². The average Bonchev–Trinajstić information content (AvgIpc) is 2.87. The van der Waals surface area contributed by atoms with Gasteiger partial charge in [-0.2, -0.15) is 0 Å². The molecule has 0 bridgehead atoms. The molecule has 1 amide bonds. The molecule has 12 nitrogen and oxygen atoms in total. The lowest BCUT2D eigenvalue weighted by Crippen LogP contribution is -2.64. The smallest absolute Gasteiger partial charge is 0.246 e. The van der Waals surface area contributed by atoms with Crippen molar-refractivity contribution in [3.63, 3.8) is 0 Å². The lowest BCUT2D eigenvalue weighted by Gasteiger charge is -2.40. The predicted octanol–water partition coefficient (Wildman–Crippen LogP) is -1.21. The molecule has 2 rings (SSSR count). The van der Waals surface area contributed by atoms with E-state index in [0.717, 1.165) is 5.56 Å². The van der Waals surface area contributed by atoms with E-state index >= 15 is 0 Å². The van der Waals surface area contributed by atoms with E-state index in [2.05, 4.69) is 27.9 Å². The molecular weight excluding hydrogens is 593 g/mol. The Kier molecular flexibility index (Phi) is 15.9. The lowest BCUT2D eigenvalue weighted by atomic mass is 9.97. The van der Waals surface area contributed by atoms with E-state index in [1.54, 1.807) is 0 Å². The number of benzene rings is 1. The summed E-state index contributed by atoms with van der Waals surface area (Å²) < 4.78 is 33.1. The highest BCUT2D eigenvalue weighted by Gasteiger charge is 2.44. The summed E-state index contributed by atoms with van der Waals surface area (Å²) in [5.74, 6) is -0.611. The van der Waals surface area contributed by atoms with Gasteiger partial charge in [0.2, 0.25) is 5.91 Å². The summed E-state index contributed by atoms with van der Waals surface area (Å²) in [4.78, 5) is 11.9. The minimum Gasteiger partial charge on any atom is -0.394 e. The van der Waals surface area contributed by atoms with Gasteiger partial charge in [-0.05, 0) is 40.3 Å². The van der Waals surface area contributed by atoms with Crippen LogP contribution in [0.1, 0.15) is 5.56 Å². The van der Waals surface area contributed by atoms with Crippen LogP contribution in [-0.2, 0) is 39.8 Å². The van der Waals surface area contributed by atoms with E-state index < -0.39 is 43.2 Å². The summed E-state index contributed by atoms with van der Waals surface area (Å²) in [6, 6.07) is 6.91. The molecule has 1 aromatic rings. The number of hydrogen-bond acceptors (Lipinski definition) is 11. The fraction of sp³-hybridized carbons (Fsp3) is 0.696. The fourth-order valence-electron chi connectivity index (χ4n) is 3.19. The van der Waals surface area contributed by atoms with Crippen LogP contribution >= 0.6 is 22.6 Å². The Hall–Kier alpha value is -0.980. The van der Waals surface area contributed by atoms with Gasteiger partial charge in [0.15, 0.2) is 6.29 Å². The van der Waals surface area contributed by atoms with Crippen LogP contribution in [0.4, 0.5) is 0 Å². The van der Waals surface area contributed by atoms with Crippen molar-refractivity contribution in [2.45, 2.75) is 37.3 Å². The first-order valence-electron chi connectivity index (χ1n) is 11.7. The molecule has 1 heterocycles. The predicted molar refractivity (Wildman–Crippen MR) is 134 cm³/mol. The molecule has 1 aromatic carbocycles. The highest BCUT2D eigenvalue weighted by molar-refractivity contribution is 14.1. The first kappa shape index (κ1) is 31.2. The van der Waals surface area contributed by atoms with Crippen molar-refractivity contribution in [3.05, 3.63) is 33.4 Å². The monoisotopic (exact) mass is 629 g/mol. The molecule has 206 valence electrons. The summed E-state index contributed by atoms with van der Waals surface area (Å²) in [5, 5.41) is 41.1. The second kappa shape index (κ2) is 18.3. The minimum absolute atomic E-state index is 0.153. The van der Waals surface area contributed by atoms with Gasteiger partial charge in [0.1, 0.15) is 31.0 Å². The highest BCUT2D eigenvalue weighted by atomic mass is 127. The van der Waals surface area contributed by atoms with Gasteiger partial charge in [0.25, 0.3) is 0 Å². The second-order valence-electron chi connectivity index (χ2n) is 7.89. The molecule has 0 aliphatic carbocycles. The van der Waals surface area contributed by atoms with Crippen molar-refractivity contribution in [2.75, 3.05) is 66.1 Å². The number of rotatable bonds is 18. The first-order valence-corrected chi connectivity index (χ1v) is 12.7. The average molecular weight is 629 g/mol. The Bertz CT molecular complexity index is 727. The number of carbonyl (C=O) groups excluding carboxylic acids is 1. The maximum atomic E-state index is 11.9. The van der Waals surface area contributed by atoms with E-state index in [9.17, 15) is 20.1 Å². The number of amides is 1. The zero-order valence-electron chi connectivity index (χ0n) is 20.0. The second-order valence-corrected chi connectivity index (χ2v) is 9.14. The molecule has 13 heteroatoms. The normalized spacial score (nSPS) is 24.1. The molecule has 1 saturated heterocycles. The summed E-state index contributed by atoms with van der Waals surface area (Å²) in [7, 11) is 0. The first-order chi connectivity index (χ1) is 17.4. The SMILES string of the molecule is O=C(COCCOCCOCCOCCOCc1ccc(I)cc1)NC1C(O)OC(CO)C(O)C1O. The molecule has 0 spiro atoms. The summed E-state index contributed by atoms with van der Waals surface area (Å²) in [5.41, 5.74) is 1.12. The number of nitrogens with one attached hydrogen (secondary N) is 1. The number of ether oxygens (including phenoxy) is 6. The van der Waals surface area contributed by atoms with E-state index in [1.165, 1.54) is 3.57 Å². The quantitative estimate of drug-likeness (QED) is 0.0978. The van der Waals surface area contributed by atoms with Crippen molar-refractivity contribution in [2.24, 2.45) is 0 Å². The van der Waals surface area contributed by atoms with Crippen LogP contribution in [0.2, 0.25) is 0 Å². The fourth-order valence-corrected chi connectivity index (χ4v) is 3.55. The van der Waals surface area contributed by atoms with Gasteiger partial charge in [-0.15, -0.1) is 0 Å². The summed E-state index contributed by atoms with van der Waals surface area (Å²) >= 11 is 2.26. The minimum atomic E-state index is -1.57. The highest BCUT2D eigenvalue weighted by Crippen LogP contribution is 2.19. The van der Waals surface area contributed by atoms with Crippen molar-refractivity contribution < 1.29 is 53.6 Å². The van der Waals surface area contributed by atoms with Crippen LogP contribution in [0.15, 0.2) is 24.3 Å². The number of aliphatic hydroxyl groups is 4. The van der Waals surface area contributed by atoms with Gasteiger partial charge < -0.3 is 54.2 Å². The lowest BCUT2D eigenvalue weighted by molar-refractivity contribution is -0.254. The van der Waals surface area contributed by atoms with Crippen LogP contribution in [0, 0.1) is 3.57 Å². The Balaban J connectivity index is 1.36. The van der Waals surface area contributed by atoms with Crippen LogP contribution in [0.25, 0.3) is 0 Å². The molecule has 36 heavy (non-hydrogen) atoms. The molecule has 0 radical (unpaired) electrons. The molecule has 5 atom stereocenters. The van der Waals surface area contributed by atoms with Crippen LogP contribution < -0.4 is 5.32 Å². The number of halogens is 1. The molecule has 0 aromatic heterocycles. The largest absolute Gasteiger partial charge is 0.394 e. The van der Waals surface area contributed by atoms with Gasteiger partial charge in [0.05, 0.1) is 66.1 Å². The zero-order chi connectivity index (χ0) is 26.2. The van der Waals surface area contributed by atoms with Crippen molar-refractivity contribution in [1.29, 1.82) is 0 Å². The van der Waals surface area contributed by atoms with Crippen molar-refractivity contribution in [1.82, 2.24) is 5.32 Å². The molecule has 1 aliphatic rings. The van der Waals surface area contributed by atoms with Crippen LogP contribution in [-0.4, -0.2) is 123 Å². The van der Waals surface area contributed by atoms with Gasteiger partial charge in [-0.3, -0.25) is 4.79 Å².